The van der Waals surface area contributed by atoms with Crippen LogP contribution in [0.2, 0.25) is 0 Å². The third-order valence-electron chi connectivity index (χ3n) is 3.37. The van der Waals surface area contributed by atoms with Crippen LogP contribution in [0.25, 0.3) is 0 Å². The van der Waals surface area contributed by atoms with Crippen molar-refractivity contribution in [1.82, 2.24) is 5.32 Å². The van der Waals surface area contributed by atoms with Gasteiger partial charge in [0, 0.05) is 0 Å². The number of ether oxygens (including phenoxy) is 1. The first kappa shape index (κ1) is 15.8. The van der Waals surface area contributed by atoms with Gasteiger partial charge in [-0.1, -0.05) is 13.8 Å². The molecule has 0 saturated heterocycles. The summed E-state index contributed by atoms with van der Waals surface area (Å²) in [5.74, 6) is 0.591. The van der Waals surface area contributed by atoms with Crippen LogP contribution in [0, 0.1) is 5.92 Å². The highest BCUT2D eigenvalue weighted by Gasteiger charge is 2.38. The largest absolute Gasteiger partial charge is 0.391 e. The molecule has 1 rings (SSSR count). The predicted octanol–water partition coefficient (Wildman–Crippen LogP) is 3.51. The van der Waals surface area contributed by atoms with E-state index < -0.39 is 12.6 Å². The SMILES string of the molecule is CC(C)CNCCC1(OCCC(F)(F)F)CCC1. The maximum absolute atomic E-state index is 12.1. The van der Waals surface area contributed by atoms with Gasteiger partial charge in [-0.3, -0.25) is 0 Å². The summed E-state index contributed by atoms with van der Waals surface area (Å²) >= 11 is 0. The minimum Gasteiger partial charge on any atom is -0.375 e. The van der Waals surface area contributed by atoms with Crippen LogP contribution in [-0.2, 0) is 4.74 Å². The van der Waals surface area contributed by atoms with Crippen molar-refractivity contribution < 1.29 is 17.9 Å². The molecule has 18 heavy (non-hydrogen) atoms. The van der Waals surface area contributed by atoms with Crippen LogP contribution >= 0.6 is 0 Å². The summed E-state index contributed by atoms with van der Waals surface area (Å²) in [6.07, 6.45) is -1.27. The van der Waals surface area contributed by atoms with Crippen LogP contribution < -0.4 is 5.32 Å². The highest BCUT2D eigenvalue weighted by atomic mass is 19.4. The number of hydrogen-bond donors (Lipinski definition) is 1. The standard InChI is InChI=1S/C13H24F3NO/c1-11(2)10-17-8-6-12(4-3-5-12)18-9-7-13(14,15)16/h11,17H,3-10H2,1-2H3. The summed E-state index contributed by atoms with van der Waals surface area (Å²) < 4.78 is 41.7. The lowest BCUT2D eigenvalue weighted by Crippen LogP contribution is -2.43. The Morgan fingerprint density at radius 3 is 2.39 bits per heavy atom. The second kappa shape index (κ2) is 6.75. The molecule has 1 fully saturated rings. The van der Waals surface area contributed by atoms with Crippen molar-refractivity contribution in [2.75, 3.05) is 19.7 Å². The molecule has 1 aliphatic rings. The Bertz CT molecular complexity index is 237. The molecule has 108 valence electrons. The average Bonchev–Trinajstić information content (AvgIpc) is 2.17. The van der Waals surface area contributed by atoms with E-state index >= 15 is 0 Å². The second-order valence-electron chi connectivity index (χ2n) is 5.60. The van der Waals surface area contributed by atoms with E-state index in [0.29, 0.717) is 5.92 Å². The second-order valence-corrected chi connectivity index (χ2v) is 5.60. The summed E-state index contributed by atoms with van der Waals surface area (Å²) in [6.45, 7) is 5.83. The van der Waals surface area contributed by atoms with E-state index in [1.54, 1.807) is 0 Å². The zero-order chi connectivity index (χ0) is 13.6. The van der Waals surface area contributed by atoms with Gasteiger partial charge in [0.15, 0.2) is 0 Å². The van der Waals surface area contributed by atoms with Crippen molar-refractivity contribution in [2.24, 2.45) is 5.92 Å². The van der Waals surface area contributed by atoms with E-state index in [-0.39, 0.29) is 12.2 Å². The Morgan fingerprint density at radius 1 is 1.28 bits per heavy atom. The molecule has 0 aromatic heterocycles. The van der Waals surface area contributed by atoms with Crippen LogP contribution in [0.15, 0.2) is 0 Å². The molecule has 1 aliphatic carbocycles. The maximum atomic E-state index is 12.1. The molecular weight excluding hydrogens is 243 g/mol. The Labute approximate surface area is 107 Å². The quantitative estimate of drug-likeness (QED) is 0.679. The van der Waals surface area contributed by atoms with Gasteiger partial charge >= 0.3 is 6.18 Å². The van der Waals surface area contributed by atoms with Gasteiger partial charge in [0.05, 0.1) is 18.6 Å². The Kier molecular flexibility index (Phi) is 5.92. The zero-order valence-corrected chi connectivity index (χ0v) is 11.3. The lowest BCUT2D eigenvalue weighted by Gasteiger charge is -2.42. The molecule has 0 radical (unpaired) electrons. The summed E-state index contributed by atoms with van der Waals surface area (Å²) in [4.78, 5) is 0. The number of rotatable bonds is 8. The summed E-state index contributed by atoms with van der Waals surface area (Å²) in [5.41, 5.74) is -0.283. The zero-order valence-electron chi connectivity index (χ0n) is 11.3. The lowest BCUT2D eigenvalue weighted by molar-refractivity contribution is -0.170. The van der Waals surface area contributed by atoms with Crippen molar-refractivity contribution in [3.05, 3.63) is 0 Å². The fourth-order valence-electron chi connectivity index (χ4n) is 2.13. The Hall–Kier alpha value is -0.290. The molecule has 1 saturated carbocycles. The van der Waals surface area contributed by atoms with Gasteiger partial charge in [-0.25, -0.2) is 0 Å². The number of nitrogens with one attached hydrogen (secondary N) is 1. The Balaban J connectivity index is 2.17. The summed E-state index contributed by atoms with van der Waals surface area (Å²) in [7, 11) is 0. The van der Waals surface area contributed by atoms with Crippen molar-refractivity contribution >= 4 is 0 Å². The molecule has 0 amide bonds. The van der Waals surface area contributed by atoms with E-state index in [0.717, 1.165) is 38.8 Å². The normalized spacial score (nSPS) is 19.0. The van der Waals surface area contributed by atoms with Crippen molar-refractivity contribution in [2.45, 2.75) is 57.7 Å². The molecule has 1 N–H and O–H groups in total. The first-order valence-corrected chi connectivity index (χ1v) is 6.74. The molecule has 0 bridgehead atoms. The van der Waals surface area contributed by atoms with Crippen LogP contribution in [0.5, 0.6) is 0 Å². The molecule has 5 heteroatoms. The number of halogens is 3. The van der Waals surface area contributed by atoms with Gasteiger partial charge in [0.25, 0.3) is 0 Å². The van der Waals surface area contributed by atoms with Crippen LogP contribution in [-0.4, -0.2) is 31.5 Å². The summed E-state index contributed by atoms with van der Waals surface area (Å²) in [6, 6.07) is 0. The summed E-state index contributed by atoms with van der Waals surface area (Å²) in [5, 5.41) is 3.31. The number of hydrogen-bond acceptors (Lipinski definition) is 2. The predicted molar refractivity (Wildman–Crippen MR) is 65.5 cm³/mol. The van der Waals surface area contributed by atoms with E-state index in [1.165, 1.54) is 0 Å². The minimum atomic E-state index is -4.11. The molecule has 0 spiro atoms. The fourth-order valence-corrected chi connectivity index (χ4v) is 2.13. The van der Waals surface area contributed by atoms with Crippen LogP contribution in [0.1, 0.15) is 46.0 Å². The molecule has 0 unspecified atom stereocenters. The smallest absolute Gasteiger partial charge is 0.375 e. The highest BCUT2D eigenvalue weighted by molar-refractivity contribution is 4.90. The minimum absolute atomic E-state index is 0.201. The highest BCUT2D eigenvalue weighted by Crippen LogP contribution is 2.39. The van der Waals surface area contributed by atoms with Gasteiger partial charge in [-0.2, -0.15) is 13.2 Å². The van der Waals surface area contributed by atoms with Crippen molar-refractivity contribution in [3.8, 4) is 0 Å². The fraction of sp³-hybridized carbons (Fsp3) is 1.00. The van der Waals surface area contributed by atoms with Crippen LogP contribution in [0.4, 0.5) is 13.2 Å². The van der Waals surface area contributed by atoms with E-state index in [1.807, 2.05) is 0 Å². The molecule has 0 atom stereocenters. The topological polar surface area (TPSA) is 21.3 Å². The van der Waals surface area contributed by atoms with Gasteiger partial charge < -0.3 is 10.1 Å². The first-order chi connectivity index (χ1) is 8.33. The average molecular weight is 267 g/mol. The lowest BCUT2D eigenvalue weighted by atomic mass is 9.77. The Morgan fingerprint density at radius 2 is 1.94 bits per heavy atom. The van der Waals surface area contributed by atoms with Gasteiger partial charge in [-0.05, 0) is 44.7 Å². The van der Waals surface area contributed by atoms with Gasteiger partial charge in [0.2, 0.25) is 0 Å². The van der Waals surface area contributed by atoms with Gasteiger partial charge in [0.1, 0.15) is 0 Å². The molecule has 0 aliphatic heterocycles. The molecule has 0 heterocycles. The monoisotopic (exact) mass is 267 g/mol. The first-order valence-electron chi connectivity index (χ1n) is 6.74. The van der Waals surface area contributed by atoms with Gasteiger partial charge in [-0.15, -0.1) is 0 Å². The third-order valence-corrected chi connectivity index (χ3v) is 3.37. The van der Waals surface area contributed by atoms with E-state index in [4.69, 9.17) is 4.74 Å². The maximum Gasteiger partial charge on any atom is 0.391 e. The molecule has 0 aromatic rings. The number of alkyl halides is 3. The van der Waals surface area contributed by atoms with Crippen molar-refractivity contribution in [3.63, 3.8) is 0 Å². The molecular formula is C13H24F3NO. The third kappa shape index (κ3) is 6.05. The van der Waals surface area contributed by atoms with E-state index in [2.05, 4.69) is 19.2 Å². The van der Waals surface area contributed by atoms with Crippen LogP contribution in [0.3, 0.4) is 0 Å². The molecule has 0 aromatic carbocycles. The molecule has 2 nitrogen and oxygen atoms in total. The van der Waals surface area contributed by atoms with Crippen molar-refractivity contribution in [1.29, 1.82) is 0 Å². The van der Waals surface area contributed by atoms with E-state index in [9.17, 15) is 13.2 Å².